The van der Waals surface area contributed by atoms with E-state index in [1.807, 2.05) is 25.1 Å². The van der Waals surface area contributed by atoms with Gasteiger partial charge in [-0.15, -0.1) is 0 Å². The quantitative estimate of drug-likeness (QED) is 0.438. The Balaban J connectivity index is 1.65. The second-order valence-electron chi connectivity index (χ2n) is 6.13. The minimum atomic E-state index is -0.181. The van der Waals surface area contributed by atoms with E-state index < -0.39 is 0 Å². The summed E-state index contributed by atoms with van der Waals surface area (Å²) in [6.45, 7) is 1.95. The maximum atomic E-state index is 12.4. The first-order chi connectivity index (χ1) is 13.0. The molecule has 0 saturated heterocycles. The Morgan fingerprint density at radius 1 is 1.04 bits per heavy atom. The van der Waals surface area contributed by atoms with Crippen LogP contribution in [0.2, 0.25) is 10.0 Å². The van der Waals surface area contributed by atoms with E-state index in [-0.39, 0.29) is 5.91 Å². The largest absolute Gasteiger partial charge is 0.436 e. The van der Waals surface area contributed by atoms with Crippen LogP contribution in [0.4, 0.5) is 5.69 Å². The first-order valence-corrected chi connectivity index (χ1v) is 9.00. The second-order valence-corrected chi connectivity index (χ2v) is 6.91. The number of amides is 1. The van der Waals surface area contributed by atoms with Gasteiger partial charge in [0.2, 0.25) is 5.89 Å². The van der Waals surface area contributed by atoms with Crippen LogP contribution in [0, 0.1) is 6.92 Å². The molecule has 0 aliphatic rings. The number of hydrogen-bond acceptors (Lipinski definition) is 3. The number of aromatic nitrogens is 1. The summed E-state index contributed by atoms with van der Waals surface area (Å²) in [4.78, 5) is 16.9. The highest BCUT2D eigenvalue weighted by molar-refractivity contribution is 6.43. The number of carbonyl (C=O) groups is 1. The number of hydrogen-bond donors (Lipinski definition) is 1. The molecule has 0 radical (unpaired) electrons. The molecule has 4 aromatic rings. The van der Waals surface area contributed by atoms with Crippen LogP contribution < -0.4 is 5.32 Å². The molecule has 0 aliphatic heterocycles. The summed E-state index contributed by atoms with van der Waals surface area (Å²) in [5.41, 5.74) is 4.08. The van der Waals surface area contributed by atoms with Crippen LogP contribution in [0.5, 0.6) is 0 Å². The van der Waals surface area contributed by atoms with Gasteiger partial charge in [0.1, 0.15) is 5.52 Å². The van der Waals surface area contributed by atoms with Crippen LogP contribution >= 0.6 is 23.2 Å². The van der Waals surface area contributed by atoms with Crippen molar-refractivity contribution in [3.05, 3.63) is 81.8 Å². The number of rotatable bonds is 3. The van der Waals surface area contributed by atoms with E-state index in [2.05, 4.69) is 10.3 Å². The van der Waals surface area contributed by atoms with Gasteiger partial charge in [0, 0.05) is 11.3 Å². The van der Waals surface area contributed by atoms with Crippen molar-refractivity contribution in [3.63, 3.8) is 0 Å². The van der Waals surface area contributed by atoms with Gasteiger partial charge in [-0.3, -0.25) is 4.79 Å². The summed E-state index contributed by atoms with van der Waals surface area (Å²) >= 11 is 12.3. The van der Waals surface area contributed by atoms with Crippen molar-refractivity contribution in [1.82, 2.24) is 4.98 Å². The molecule has 1 amide bonds. The number of nitrogens with zero attached hydrogens (tertiary/aromatic N) is 1. The average molecular weight is 397 g/mol. The normalized spacial score (nSPS) is 10.9. The van der Waals surface area contributed by atoms with Crippen molar-refractivity contribution in [2.75, 3.05) is 5.32 Å². The number of benzene rings is 3. The summed E-state index contributed by atoms with van der Waals surface area (Å²) in [5, 5.41) is 3.70. The van der Waals surface area contributed by atoms with E-state index >= 15 is 0 Å². The first-order valence-electron chi connectivity index (χ1n) is 8.24. The second kappa shape index (κ2) is 7.06. The van der Waals surface area contributed by atoms with Crippen LogP contribution in [0.3, 0.4) is 0 Å². The van der Waals surface area contributed by atoms with Crippen LogP contribution in [0.1, 0.15) is 15.9 Å². The van der Waals surface area contributed by atoms with Crippen LogP contribution in [-0.2, 0) is 0 Å². The van der Waals surface area contributed by atoms with E-state index in [4.69, 9.17) is 27.6 Å². The lowest BCUT2D eigenvalue weighted by Crippen LogP contribution is -2.11. The molecule has 0 bridgehead atoms. The van der Waals surface area contributed by atoms with E-state index in [1.54, 1.807) is 42.5 Å². The van der Waals surface area contributed by atoms with Gasteiger partial charge in [0.15, 0.2) is 5.58 Å². The Labute approximate surface area is 165 Å². The summed E-state index contributed by atoms with van der Waals surface area (Å²) in [6, 6.07) is 18.0. The average Bonchev–Trinajstić information content (AvgIpc) is 3.07. The van der Waals surface area contributed by atoms with E-state index in [1.165, 1.54) is 0 Å². The zero-order valence-corrected chi connectivity index (χ0v) is 15.8. The zero-order valence-electron chi connectivity index (χ0n) is 14.3. The Morgan fingerprint density at radius 2 is 1.85 bits per heavy atom. The maximum Gasteiger partial charge on any atom is 0.255 e. The lowest BCUT2D eigenvalue weighted by molar-refractivity contribution is 0.102. The summed E-state index contributed by atoms with van der Waals surface area (Å²) in [5.74, 6) is 0.194. The lowest BCUT2D eigenvalue weighted by Gasteiger charge is -2.05. The summed E-state index contributed by atoms with van der Waals surface area (Å²) < 4.78 is 5.78. The van der Waals surface area contributed by atoms with Crippen molar-refractivity contribution in [1.29, 1.82) is 0 Å². The number of nitrogens with one attached hydrogen (secondary N) is 1. The first kappa shape index (κ1) is 17.6. The monoisotopic (exact) mass is 396 g/mol. The summed E-state index contributed by atoms with van der Waals surface area (Å²) in [6.07, 6.45) is 0. The van der Waals surface area contributed by atoms with Crippen molar-refractivity contribution in [2.45, 2.75) is 6.92 Å². The van der Waals surface area contributed by atoms with E-state index in [0.717, 1.165) is 5.56 Å². The van der Waals surface area contributed by atoms with Gasteiger partial charge in [-0.25, -0.2) is 4.98 Å². The van der Waals surface area contributed by atoms with Gasteiger partial charge < -0.3 is 9.73 Å². The van der Waals surface area contributed by atoms with Crippen molar-refractivity contribution < 1.29 is 9.21 Å². The highest BCUT2D eigenvalue weighted by atomic mass is 35.5. The molecule has 0 aliphatic carbocycles. The minimum Gasteiger partial charge on any atom is -0.436 e. The molecule has 0 saturated carbocycles. The fourth-order valence-corrected chi connectivity index (χ4v) is 3.16. The van der Waals surface area contributed by atoms with Crippen molar-refractivity contribution in [2.24, 2.45) is 0 Å². The summed E-state index contributed by atoms with van der Waals surface area (Å²) in [7, 11) is 0. The molecule has 1 aromatic heterocycles. The third-order valence-corrected chi connectivity index (χ3v) is 4.93. The SMILES string of the molecule is Cc1cccc(C(=O)Nc2ccc3oc(-c4cccc(Cl)c4Cl)nc3c2)c1. The molecule has 4 nitrogen and oxygen atoms in total. The predicted molar refractivity (Wildman–Crippen MR) is 109 cm³/mol. The standard InChI is InChI=1S/C21H14Cl2N2O2/c1-12-4-2-5-13(10-12)20(26)24-14-8-9-18-17(11-14)25-21(27-18)15-6-3-7-16(22)19(15)23/h2-11H,1H3,(H,24,26). The molecule has 3 aromatic carbocycles. The topological polar surface area (TPSA) is 55.1 Å². The van der Waals surface area contributed by atoms with Crippen LogP contribution in [-0.4, -0.2) is 10.9 Å². The van der Waals surface area contributed by atoms with E-state index in [9.17, 15) is 4.79 Å². The van der Waals surface area contributed by atoms with Gasteiger partial charge in [-0.2, -0.15) is 0 Å². The molecule has 1 heterocycles. The molecule has 0 fully saturated rings. The Hall–Kier alpha value is -2.82. The number of halogens is 2. The third-order valence-electron chi connectivity index (χ3n) is 4.11. The van der Waals surface area contributed by atoms with Crippen molar-refractivity contribution in [3.8, 4) is 11.5 Å². The number of carbonyl (C=O) groups excluding carboxylic acids is 1. The highest BCUT2D eigenvalue weighted by Crippen LogP contribution is 2.34. The van der Waals surface area contributed by atoms with Gasteiger partial charge >= 0.3 is 0 Å². The van der Waals surface area contributed by atoms with Crippen LogP contribution in [0.25, 0.3) is 22.6 Å². The zero-order chi connectivity index (χ0) is 19.0. The third kappa shape index (κ3) is 3.54. The lowest BCUT2D eigenvalue weighted by atomic mass is 10.1. The highest BCUT2D eigenvalue weighted by Gasteiger charge is 2.14. The molecule has 6 heteroatoms. The molecule has 0 spiro atoms. The molecule has 1 N–H and O–H groups in total. The Bertz CT molecular complexity index is 1170. The number of fused-ring (bicyclic) bond motifs is 1. The fourth-order valence-electron chi connectivity index (χ4n) is 2.78. The molecule has 0 unspecified atom stereocenters. The van der Waals surface area contributed by atoms with Gasteiger partial charge in [-0.05, 0) is 49.4 Å². The van der Waals surface area contributed by atoms with Gasteiger partial charge in [-0.1, -0.05) is 47.0 Å². The molecule has 27 heavy (non-hydrogen) atoms. The van der Waals surface area contributed by atoms with Crippen molar-refractivity contribution >= 4 is 45.9 Å². The fraction of sp³-hybridized carbons (Fsp3) is 0.0476. The Morgan fingerprint density at radius 3 is 2.67 bits per heavy atom. The molecule has 4 rings (SSSR count). The maximum absolute atomic E-state index is 12.4. The Kier molecular flexibility index (Phi) is 4.60. The molecular weight excluding hydrogens is 383 g/mol. The molecule has 0 atom stereocenters. The number of aryl methyl sites for hydroxylation is 1. The molecule has 134 valence electrons. The molecular formula is C21H14Cl2N2O2. The van der Waals surface area contributed by atoms with Gasteiger partial charge in [0.25, 0.3) is 5.91 Å². The number of oxazole rings is 1. The smallest absolute Gasteiger partial charge is 0.255 e. The minimum absolute atomic E-state index is 0.181. The van der Waals surface area contributed by atoms with Gasteiger partial charge in [0.05, 0.1) is 15.6 Å². The predicted octanol–water partition coefficient (Wildman–Crippen LogP) is 6.36. The van der Waals surface area contributed by atoms with E-state index in [0.29, 0.717) is 43.9 Å². The van der Waals surface area contributed by atoms with Crippen LogP contribution in [0.15, 0.2) is 65.1 Å². The number of anilines is 1.